The summed E-state index contributed by atoms with van der Waals surface area (Å²) >= 11 is 0. The predicted molar refractivity (Wildman–Crippen MR) is 88.2 cm³/mol. The number of nitrogens with zero attached hydrogens (tertiary/aromatic N) is 3. The molecule has 1 aliphatic heterocycles. The van der Waals surface area contributed by atoms with Gasteiger partial charge < -0.3 is 10.6 Å². The topological polar surface area (TPSA) is 71.8 Å². The average molecular weight is 313 g/mol. The summed E-state index contributed by atoms with van der Waals surface area (Å²) < 4.78 is 1.83. The Labute approximate surface area is 136 Å². The molecule has 1 amide bonds. The van der Waals surface area contributed by atoms with E-state index in [9.17, 15) is 4.79 Å². The Morgan fingerprint density at radius 3 is 2.83 bits per heavy atom. The third kappa shape index (κ3) is 3.59. The molecule has 0 radical (unpaired) electrons. The maximum Gasteiger partial charge on any atom is 0.273 e. The van der Waals surface area contributed by atoms with Crippen molar-refractivity contribution in [3.05, 3.63) is 47.3 Å². The van der Waals surface area contributed by atoms with Gasteiger partial charge in [-0.25, -0.2) is 4.68 Å². The Morgan fingerprint density at radius 1 is 1.35 bits per heavy atom. The third-order valence-corrected chi connectivity index (χ3v) is 4.43. The van der Waals surface area contributed by atoms with Gasteiger partial charge in [0.1, 0.15) is 0 Å². The molecule has 122 valence electrons. The van der Waals surface area contributed by atoms with Crippen LogP contribution in [0.5, 0.6) is 0 Å². The molecule has 2 aromatic rings. The summed E-state index contributed by atoms with van der Waals surface area (Å²) in [5.74, 6) is -0.180. The lowest BCUT2D eigenvalue weighted by atomic mass is 10.0. The van der Waals surface area contributed by atoms with Crippen LogP contribution in [0.2, 0.25) is 0 Å². The van der Waals surface area contributed by atoms with Gasteiger partial charge in [0.2, 0.25) is 0 Å². The molecule has 3 rings (SSSR count). The number of amides is 1. The number of aromatic nitrogens is 3. The molecule has 0 aliphatic carbocycles. The van der Waals surface area contributed by atoms with Gasteiger partial charge in [0.15, 0.2) is 5.69 Å². The zero-order chi connectivity index (χ0) is 16.2. The SMILES string of the molecule is Cc1ccccc1C(C)NC(=O)c1cn(C2CCNCC2)nn1. The number of nitrogens with one attached hydrogen (secondary N) is 2. The molecule has 2 heterocycles. The van der Waals surface area contributed by atoms with E-state index in [1.54, 1.807) is 6.20 Å². The van der Waals surface area contributed by atoms with E-state index in [0.29, 0.717) is 11.7 Å². The first kappa shape index (κ1) is 15.7. The molecule has 1 aliphatic rings. The molecule has 6 nitrogen and oxygen atoms in total. The number of piperidine rings is 1. The van der Waals surface area contributed by atoms with E-state index in [0.717, 1.165) is 31.5 Å². The number of carbonyl (C=O) groups is 1. The Balaban J connectivity index is 1.66. The Bertz CT molecular complexity index is 675. The fourth-order valence-electron chi connectivity index (χ4n) is 3.05. The van der Waals surface area contributed by atoms with E-state index in [1.165, 1.54) is 5.56 Å². The first-order valence-electron chi connectivity index (χ1n) is 8.14. The molecule has 1 aromatic heterocycles. The molecule has 1 aromatic carbocycles. The van der Waals surface area contributed by atoms with Crippen molar-refractivity contribution in [3.63, 3.8) is 0 Å². The number of hydrogen-bond acceptors (Lipinski definition) is 4. The second kappa shape index (κ2) is 6.91. The van der Waals surface area contributed by atoms with Gasteiger partial charge in [-0.05, 0) is 50.9 Å². The minimum Gasteiger partial charge on any atom is -0.344 e. The molecular weight excluding hydrogens is 290 g/mol. The molecule has 0 bridgehead atoms. The van der Waals surface area contributed by atoms with Crippen molar-refractivity contribution >= 4 is 5.91 Å². The number of hydrogen-bond donors (Lipinski definition) is 2. The van der Waals surface area contributed by atoms with Gasteiger partial charge in [-0.3, -0.25) is 4.79 Å². The Kier molecular flexibility index (Phi) is 4.71. The standard InChI is InChI=1S/C17H23N5O/c1-12-5-3-4-6-15(12)13(2)19-17(23)16-11-22(21-20-16)14-7-9-18-10-8-14/h3-6,11,13-14,18H,7-10H2,1-2H3,(H,19,23). The van der Waals surface area contributed by atoms with E-state index in [-0.39, 0.29) is 11.9 Å². The largest absolute Gasteiger partial charge is 0.344 e. The van der Waals surface area contributed by atoms with Gasteiger partial charge in [0, 0.05) is 0 Å². The highest BCUT2D eigenvalue weighted by atomic mass is 16.2. The summed E-state index contributed by atoms with van der Waals surface area (Å²) in [6.07, 6.45) is 3.80. The first-order valence-corrected chi connectivity index (χ1v) is 8.14. The van der Waals surface area contributed by atoms with Gasteiger partial charge in [0.25, 0.3) is 5.91 Å². The summed E-state index contributed by atoms with van der Waals surface area (Å²) in [5.41, 5.74) is 2.66. The van der Waals surface area contributed by atoms with Crippen LogP contribution >= 0.6 is 0 Å². The van der Waals surface area contributed by atoms with Crippen LogP contribution in [-0.2, 0) is 0 Å². The molecule has 1 unspecified atom stereocenters. The van der Waals surface area contributed by atoms with Gasteiger partial charge in [-0.2, -0.15) is 0 Å². The fourth-order valence-corrected chi connectivity index (χ4v) is 3.05. The summed E-state index contributed by atoms with van der Waals surface area (Å²) in [4.78, 5) is 12.4. The Hall–Kier alpha value is -2.21. The predicted octanol–water partition coefficient (Wildman–Crippen LogP) is 2.00. The number of rotatable bonds is 4. The first-order chi connectivity index (χ1) is 11.1. The number of carbonyl (C=O) groups excluding carboxylic acids is 1. The van der Waals surface area contributed by atoms with Crippen molar-refractivity contribution in [3.8, 4) is 0 Å². The van der Waals surface area contributed by atoms with Crippen LogP contribution < -0.4 is 10.6 Å². The van der Waals surface area contributed by atoms with E-state index in [2.05, 4.69) is 20.9 Å². The monoisotopic (exact) mass is 313 g/mol. The van der Waals surface area contributed by atoms with Crippen LogP contribution in [0.15, 0.2) is 30.5 Å². The molecule has 23 heavy (non-hydrogen) atoms. The van der Waals surface area contributed by atoms with Gasteiger partial charge in [-0.15, -0.1) is 5.10 Å². The number of benzene rings is 1. The van der Waals surface area contributed by atoms with Gasteiger partial charge in [0.05, 0.1) is 18.3 Å². The molecular formula is C17H23N5O. The van der Waals surface area contributed by atoms with Crippen molar-refractivity contribution in [2.24, 2.45) is 0 Å². The quantitative estimate of drug-likeness (QED) is 0.905. The lowest BCUT2D eigenvalue weighted by molar-refractivity contribution is 0.0934. The van der Waals surface area contributed by atoms with Crippen LogP contribution in [-0.4, -0.2) is 34.0 Å². The number of aryl methyl sites for hydroxylation is 1. The molecule has 2 N–H and O–H groups in total. The van der Waals surface area contributed by atoms with Crippen LogP contribution in [0, 0.1) is 6.92 Å². The highest BCUT2D eigenvalue weighted by molar-refractivity contribution is 5.92. The Morgan fingerprint density at radius 2 is 2.09 bits per heavy atom. The van der Waals surface area contributed by atoms with Crippen molar-refractivity contribution in [2.45, 2.75) is 38.8 Å². The molecule has 1 saturated heterocycles. The van der Waals surface area contributed by atoms with Gasteiger partial charge in [-0.1, -0.05) is 29.5 Å². The van der Waals surface area contributed by atoms with Crippen molar-refractivity contribution in [1.82, 2.24) is 25.6 Å². The van der Waals surface area contributed by atoms with Crippen molar-refractivity contribution in [1.29, 1.82) is 0 Å². The van der Waals surface area contributed by atoms with Crippen molar-refractivity contribution in [2.75, 3.05) is 13.1 Å². The highest BCUT2D eigenvalue weighted by Crippen LogP contribution is 2.19. The highest BCUT2D eigenvalue weighted by Gasteiger charge is 2.20. The second-order valence-electron chi connectivity index (χ2n) is 6.12. The zero-order valence-corrected chi connectivity index (χ0v) is 13.6. The maximum atomic E-state index is 12.4. The summed E-state index contributed by atoms with van der Waals surface area (Å²) in [7, 11) is 0. The summed E-state index contributed by atoms with van der Waals surface area (Å²) in [6.45, 7) is 6.00. The van der Waals surface area contributed by atoms with E-state index in [4.69, 9.17) is 0 Å². The second-order valence-corrected chi connectivity index (χ2v) is 6.12. The average Bonchev–Trinajstić information content (AvgIpc) is 3.06. The smallest absolute Gasteiger partial charge is 0.273 e. The summed E-state index contributed by atoms with van der Waals surface area (Å²) in [6, 6.07) is 8.33. The van der Waals surface area contributed by atoms with E-state index >= 15 is 0 Å². The van der Waals surface area contributed by atoms with Gasteiger partial charge >= 0.3 is 0 Å². The molecule has 0 saturated carbocycles. The van der Waals surface area contributed by atoms with Crippen molar-refractivity contribution < 1.29 is 4.79 Å². The fraction of sp³-hybridized carbons (Fsp3) is 0.471. The van der Waals surface area contributed by atoms with Crippen LogP contribution in [0.3, 0.4) is 0 Å². The third-order valence-electron chi connectivity index (χ3n) is 4.43. The maximum absolute atomic E-state index is 12.4. The van der Waals surface area contributed by atoms with E-state index in [1.807, 2.05) is 42.8 Å². The normalized spacial score (nSPS) is 17.0. The van der Waals surface area contributed by atoms with Crippen LogP contribution in [0.1, 0.15) is 53.5 Å². The van der Waals surface area contributed by atoms with Crippen LogP contribution in [0.4, 0.5) is 0 Å². The lowest BCUT2D eigenvalue weighted by Crippen LogP contribution is -2.29. The lowest BCUT2D eigenvalue weighted by Gasteiger charge is -2.22. The zero-order valence-electron chi connectivity index (χ0n) is 13.6. The molecule has 1 atom stereocenters. The van der Waals surface area contributed by atoms with Crippen LogP contribution in [0.25, 0.3) is 0 Å². The molecule has 0 spiro atoms. The minimum atomic E-state index is -0.180. The minimum absolute atomic E-state index is 0.0623. The van der Waals surface area contributed by atoms with E-state index < -0.39 is 0 Å². The molecule has 6 heteroatoms. The summed E-state index contributed by atoms with van der Waals surface area (Å²) in [5, 5.41) is 14.5. The molecule has 1 fully saturated rings.